The average molecular weight is 244 g/mol. The molecule has 0 bridgehead atoms. The fourth-order valence-corrected chi connectivity index (χ4v) is 2.03. The molecule has 2 aromatic rings. The predicted octanol–water partition coefficient (Wildman–Crippen LogP) is 2.34. The molecule has 3 nitrogen and oxygen atoms in total. The minimum atomic E-state index is 0.270. The van der Waals surface area contributed by atoms with E-state index < -0.39 is 0 Å². The molecule has 18 heavy (non-hydrogen) atoms. The number of rotatable bonds is 6. The van der Waals surface area contributed by atoms with Gasteiger partial charge in [-0.3, -0.25) is 4.98 Å². The minimum Gasteiger partial charge on any atom is -0.396 e. The van der Waals surface area contributed by atoms with Crippen molar-refractivity contribution in [2.75, 3.05) is 13.2 Å². The first kappa shape index (κ1) is 13.0. The van der Waals surface area contributed by atoms with E-state index >= 15 is 0 Å². The minimum absolute atomic E-state index is 0.270. The number of benzene rings is 1. The molecule has 0 aliphatic rings. The van der Waals surface area contributed by atoms with Crippen molar-refractivity contribution < 1.29 is 5.11 Å². The van der Waals surface area contributed by atoms with E-state index in [-0.39, 0.29) is 6.61 Å². The van der Waals surface area contributed by atoms with Crippen LogP contribution in [0, 0.1) is 5.92 Å². The highest BCUT2D eigenvalue weighted by Gasteiger charge is 2.01. The van der Waals surface area contributed by atoms with Gasteiger partial charge in [-0.15, -0.1) is 0 Å². The van der Waals surface area contributed by atoms with E-state index in [2.05, 4.69) is 35.4 Å². The maximum atomic E-state index is 8.84. The van der Waals surface area contributed by atoms with E-state index in [9.17, 15) is 0 Å². The number of nitrogens with zero attached hydrogens (tertiary/aromatic N) is 1. The van der Waals surface area contributed by atoms with Gasteiger partial charge in [-0.1, -0.05) is 19.1 Å². The molecule has 1 aromatic carbocycles. The Labute approximate surface area is 108 Å². The van der Waals surface area contributed by atoms with Crippen LogP contribution in [-0.4, -0.2) is 23.2 Å². The molecule has 96 valence electrons. The summed E-state index contributed by atoms with van der Waals surface area (Å²) in [6.45, 7) is 4.23. The van der Waals surface area contributed by atoms with Crippen molar-refractivity contribution in [1.82, 2.24) is 10.3 Å². The molecule has 0 spiro atoms. The Morgan fingerprint density at radius 3 is 3.00 bits per heavy atom. The van der Waals surface area contributed by atoms with E-state index in [4.69, 9.17) is 5.11 Å². The largest absolute Gasteiger partial charge is 0.396 e. The van der Waals surface area contributed by atoms with Gasteiger partial charge in [-0.2, -0.15) is 0 Å². The average Bonchev–Trinajstić information content (AvgIpc) is 2.39. The topological polar surface area (TPSA) is 45.1 Å². The van der Waals surface area contributed by atoms with Crippen LogP contribution in [-0.2, 0) is 6.54 Å². The first-order valence-corrected chi connectivity index (χ1v) is 6.44. The molecule has 1 aromatic heterocycles. The van der Waals surface area contributed by atoms with Gasteiger partial charge < -0.3 is 10.4 Å². The molecule has 0 radical (unpaired) electrons. The van der Waals surface area contributed by atoms with Gasteiger partial charge in [0.15, 0.2) is 0 Å². The van der Waals surface area contributed by atoms with Gasteiger partial charge in [0.25, 0.3) is 0 Å². The van der Waals surface area contributed by atoms with Gasteiger partial charge in [0.1, 0.15) is 0 Å². The molecule has 2 rings (SSSR count). The third kappa shape index (κ3) is 3.52. The summed E-state index contributed by atoms with van der Waals surface area (Å²) in [6.07, 6.45) is 4.56. The smallest absolute Gasteiger partial charge is 0.0434 e. The summed E-state index contributed by atoms with van der Waals surface area (Å²) >= 11 is 0. The van der Waals surface area contributed by atoms with Crippen LogP contribution >= 0.6 is 0 Å². The summed E-state index contributed by atoms with van der Waals surface area (Å²) in [4.78, 5) is 4.11. The monoisotopic (exact) mass is 244 g/mol. The maximum Gasteiger partial charge on any atom is 0.0434 e. The van der Waals surface area contributed by atoms with Crippen molar-refractivity contribution in [2.45, 2.75) is 19.9 Å². The van der Waals surface area contributed by atoms with E-state index in [1.165, 1.54) is 16.3 Å². The predicted molar refractivity (Wildman–Crippen MR) is 74.3 cm³/mol. The van der Waals surface area contributed by atoms with Gasteiger partial charge in [-0.25, -0.2) is 0 Å². The zero-order valence-electron chi connectivity index (χ0n) is 10.8. The van der Waals surface area contributed by atoms with Gasteiger partial charge >= 0.3 is 0 Å². The third-order valence-electron chi connectivity index (χ3n) is 3.15. The number of hydrogen-bond donors (Lipinski definition) is 2. The molecule has 1 heterocycles. The molecular formula is C15H20N2O. The summed E-state index contributed by atoms with van der Waals surface area (Å²) in [6, 6.07) is 8.47. The zero-order valence-corrected chi connectivity index (χ0v) is 10.8. The summed E-state index contributed by atoms with van der Waals surface area (Å²) in [5.41, 5.74) is 1.28. The van der Waals surface area contributed by atoms with Crippen LogP contribution in [0.2, 0.25) is 0 Å². The highest BCUT2D eigenvalue weighted by Crippen LogP contribution is 2.14. The van der Waals surface area contributed by atoms with Crippen LogP contribution in [0.25, 0.3) is 10.8 Å². The second-order valence-corrected chi connectivity index (χ2v) is 4.81. The van der Waals surface area contributed by atoms with Crippen molar-refractivity contribution in [3.05, 3.63) is 42.2 Å². The molecule has 0 amide bonds. The fraction of sp³-hybridized carbons (Fsp3) is 0.400. The zero-order chi connectivity index (χ0) is 12.8. The summed E-state index contributed by atoms with van der Waals surface area (Å²) in [5, 5.41) is 14.7. The van der Waals surface area contributed by atoms with Gasteiger partial charge in [0.05, 0.1) is 0 Å². The molecule has 0 saturated heterocycles. The lowest BCUT2D eigenvalue weighted by Gasteiger charge is -2.11. The van der Waals surface area contributed by atoms with Crippen molar-refractivity contribution in [3.63, 3.8) is 0 Å². The molecule has 0 aliphatic carbocycles. The van der Waals surface area contributed by atoms with Crippen molar-refractivity contribution in [1.29, 1.82) is 0 Å². The van der Waals surface area contributed by atoms with Gasteiger partial charge in [-0.05, 0) is 42.0 Å². The lowest BCUT2D eigenvalue weighted by molar-refractivity contribution is 0.260. The van der Waals surface area contributed by atoms with E-state index in [1.54, 1.807) is 0 Å². The molecule has 1 atom stereocenters. The molecule has 3 heteroatoms. The number of aromatic nitrogens is 1. The molecule has 2 N–H and O–H groups in total. The number of aliphatic hydroxyl groups is 1. The lowest BCUT2D eigenvalue weighted by atomic mass is 10.1. The van der Waals surface area contributed by atoms with Crippen molar-refractivity contribution >= 4 is 10.8 Å². The Balaban J connectivity index is 1.91. The van der Waals surface area contributed by atoms with Crippen molar-refractivity contribution in [3.8, 4) is 0 Å². The van der Waals surface area contributed by atoms with E-state index in [0.717, 1.165) is 19.5 Å². The molecule has 0 saturated carbocycles. The molecule has 1 unspecified atom stereocenters. The normalized spacial score (nSPS) is 12.8. The molecular weight excluding hydrogens is 224 g/mol. The standard InChI is InChI=1S/C15H20N2O/c1-12(5-7-18)9-17-10-13-2-3-15-11-16-6-4-14(15)8-13/h2-4,6,8,11-12,17-18H,5,7,9-10H2,1H3. The van der Waals surface area contributed by atoms with Crippen LogP contribution in [0.1, 0.15) is 18.9 Å². The summed E-state index contributed by atoms with van der Waals surface area (Å²) in [5.74, 6) is 0.514. The van der Waals surface area contributed by atoms with Gasteiger partial charge in [0.2, 0.25) is 0 Å². The summed E-state index contributed by atoms with van der Waals surface area (Å²) in [7, 11) is 0. The first-order chi connectivity index (χ1) is 8.79. The van der Waals surface area contributed by atoms with Crippen LogP contribution in [0.5, 0.6) is 0 Å². The SMILES string of the molecule is CC(CCO)CNCc1ccc2cnccc2c1. The Morgan fingerprint density at radius 1 is 1.28 bits per heavy atom. The van der Waals surface area contributed by atoms with Gasteiger partial charge in [0, 0.05) is 30.9 Å². The van der Waals surface area contributed by atoms with Crippen LogP contribution in [0.15, 0.2) is 36.7 Å². The second-order valence-electron chi connectivity index (χ2n) is 4.81. The fourth-order valence-electron chi connectivity index (χ4n) is 2.03. The highest BCUT2D eigenvalue weighted by molar-refractivity contribution is 5.81. The van der Waals surface area contributed by atoms with Crippen LogP contribution < -0.4 is 5.32 Å². The Kier molecular flexibility index (Phi) is 4.67. The van der Waals surface area contributed by atoms with Crippen LogP contribution in [0.3, 0.4) is 0 Å². The van der Waals surface area contributed by atoms with E-state index in [1.807, 2.05) is 18.5 Å². The number of hydrogen-bond acceptors (Lipinski definition) is 3. The lowest BCUT2D eigenvalue weighted by Crippen LogP contribution is -2.21. The number of fused-ring (bicyclic) bond motifs is 1. The van der Waals surface area contributed by atoms with Crippen molar-refractivity contribution in [2.24, 2.45) is 5.92 Å². The Morgan fingerprint density at radius 2 is 2.17 bits per heavy atom. The third-order valence-corrected chi connectivity index (χ3v) is 3.15. The Bertz CT molecular complexity index is 499. The number of nitrogens with one attached hydrogen (secondary N) is 1. The quantitative estimate of drug-likeness (QED) is 0.820. The van der Waals surface area contributed by atoms with Crippen LogP contribution in [0.4, 0.5) is 0 Å². The molecule has 0 fully saturated rings. The van der Waals surface area contributed by atoms with E-state index in [0.29, 0.717) is 5.92 Å². The second kappa shape index (κ2) is 6.47. The molecule has 0 aliphatic heterocycles. The Hall–Kier alpha value is -1.45. The highest BCUT2D eigenvalue weighted by atomic mass is 16.3. The first-order valence-electron chi connectivity index (χ1n) is 6.44. The number of aliphatic hydroxyl groups excluding tert-OH is 1. The maximum absolute atomic E-state index is 8.84. The summed E-state index contributed by atoms with van der Waals surface area (Å²) < 4.78 is 0. The number of pyridine rings is 1.